The van der Waals surface area contributed by atoms with Crippen LogP contribution in [-0.4, -0.2) is 20.5 Å². The maximum Gasteiger partial charge on any atom is 0.168 e. The van der Waals surface area contributed by atoms with Crippen molar-refractivity contribution >= 4 is 11.8 Å². The van der Waals surface area contributed by atoms with Crippen molar-refractivity contribution < 1.29 is 0 Å². The molecule has 0 radical (unpaired) electrons. The van der Waals surface area contributed by atoms with Gasteiger partial charge < -0.3 is 0 Å². The topological polar surface area (TPSA) is 30.7 Å². The van der Waals surface area contributed by atoms with Crippen molar-refractivity contribution in [3.8, 4) is 17.1 Å². The first-order valence-corrected chi connectivity index (χ1v) is 7.64. The summed E-state index contributed by atoms with van der Waals surface area (Å²) in [7, 11) is 0. The average Bonchev–Trinajstić information content (AvgIpc) is 2.84. The molecule has 0 atom stereocenters. The van der Waals surface area contributed by atoms with E-state index in [1.54, 1.807) is 0 Å². The van der Waals surface area contributed by atoms with Gasteiger partial charge in [-0.2, -0.15) is 0 Å². The monoisotopic (exact) mass is 279 g/mol. The SMILES string of the molecule is c1ccc(-c2nnc3n2-c2ccccc2SCC3)cc1. The fraction of sp³-hybridized carbons (Fsp3) is 0.125. The lowest BCUT2D eigenvalue weighted by atomic mass is 10.2. The molecule has 3 nitrogen and oxygen atoms in total. The minimum Gasteiger partial charge on any atom is -0.278 e. The number of fused-ring (bicyclic) bond motifs is 3. The molecule has 2 aromatic carbocycles. The van der Waals surface area contributed by atoms with Crippen LogP contribution in [0.25, 0.3) is 17.1 Å². The summed E-state index contributed by atoms with van der Waals surface area (Å²) < 4.78 is 2.20. The predicted molar refractivity (Wildman–Crippen MR) is 81.2 cm³/mol. The van der Waals surface area contributed by atoms with Crippen molar-refractivity contribution in [2.45, 2.75) is 11.3 Å². The van der Waals surface area contributed by atoms with Crippen LogP contribution in [0.15, 0.2) is 59.5 Å². The number of para-hydroxylation sites is 1. The Morgan fingerprint density at radius 1 is 0.900 bits per heavy atom. The number of benzene rings is 2. The van der Waals surface area contributed by atoms with Crippen molar-refractivity contribution in [3.63, 3.8) is 0 Å². The van der Waals surface area contributed by atoms with E-state index in [0.717, 1.165) is 29.4 Å². The maximum atomic E-state index is 4.41. The van der Waals surface area contributed by atoms with Crippen LogP contribution in [0.1, 0.15) is 5.82 Å². The number of nitrogens with zero attached hydrogens (tertiary/aromatic N) is 3. The molecule has 20 heavy (non-hydrogen) atoms. The van der Waals surface area contributed by atoms with E-state index in [9.17, 15) is 0 Å². The Labute approximate surface area is 121 Å². The van der Waals surface area contributed by atoms with E-state index in [1.807, 2.05) is 30.0 Å². The minimum atomic E-state index is 0.926. The molecule has 4 rings (SSSR count). The first-order chi connectivity index (χ1) is 9.93. The zero-order chi connectivity index (χ0) is 13.4. The van der Waals surface area contributed by atoms with E-state index in [0.29, 0.717) is 0 Å². The van der Waals surface area contributed by atoms with Crippen molar-refractivity contribution in [2.75, 3.05) is 5.75 Å². The fourth-order valence-electron chi connectivity index (χ4n) is 2.52. The summed E-state index contributed by atoms with van der Waals surface area (Å²) in [5, 5.41) is 8.80. The Bertz CT molecular complexity index is 749. The van der Waals surface area contributed by atoms with Crippen LogP contribution in [0.4, 0.5) is 0 Å². The summed E-state index contributed by atoms with van der Waals surface area (Å²) >= 11 is 1.89. The van der Waals surface area contributed by atoms with Crippen molar-refractivity contribution in [1.82, 2.24) is 14.8 Å². The minimum absolute atomic E-state index is 0.926. The predicted octanol–water partition coefficient (Wildman–Crippen LogP) is 3.58. The van der Waals surface area contributed by atoms with Crippen LogP contribution in [0.5, 0.6) is 0 Å². The second-order valence-electron chi connectivity index (χ2n) is 4.71. The van der Waals surface area contributed by atoms with Gasteiger partial charge in [0.15, 0.2) is 5.82 Å². The standard InChI is InChI=1S/C16H13N3S/c1-2-6-12(7-3-1)16-18-17-15-10-11-20-14-9-5-4-8-13(14)19(15)16/h1-9H,10-11H2. The van der Waals surface area contributed by atoms with E-state index in [-0.39, 0.29) is 0 Å². The highest BCUT2D eigenvalue weighted by Crippen LogP contribution is 2.33. The van der Waals surface area contributed by atoms with E-state index in [1.165, 1.54) is 10.6 Å². The summed E-state index contributed by atoms with van der Waals surface area (Å²) in [5.74, 6) is 3.01. The molecule has 0 bridgehead atoms. The molecule has 3 aromatic rings. The normalized spacial score (nSPS) is 13.4. The molecule has 1 aliphatic heterocycles. The summed E-state index contributed by atoms with van der Waals surface area (Å²) in [6, 6.07) is 18.7. The number of rotatable bonds is 1. The highest BCUT2D eigenvalue weighted by Gasteiger charge is 2.20. The van der Waals surface area contributed by atoms with Gasteiger partial charge in [0.1, 0.15) is 5.82 Å². The molecule has 0 saturated carbocycles. The molecule has 98 valence electrons. The Morgan fingerprint density at radius 2 is 1.70 bits per heavy atom. The lowest BCUT2D eigenvalue weighted by Gasteiger charge is -2.10. The Balaban J connectivity index is 1.98. The Hall–Kier alpha value is -2.07. The summed E-state index contributed by atoms with van der Waals surface area (Å²) in [6.45, 7) is 0. The van der Waals surface area contributed by atoms with Crippen LogP contribution < -0.4 is 0 Å². The lowest BCUT2D eigenvalue weighted by Crippen LogP contribution is -2.02. The van der Waals surface area contributed by atoms with Crippen molar-refractivity contribution in [3.05, 3.63) is 60.4 Å². The van der Waals surface area contributed by atoms with Gasteiger partial charge in [-0.1, -0.05) is 42.5 Å². The van der Waals surface area contributed by atoms with E-state index in [4.69, 9.17) is 0 Å². The molecular weight excluding hydrogens is 266 g/mol. The molecule has 0 aliphatic carbocycles. The third-order valence-corrected chi connectivity index (χ3v) is 4.52. The van der Waals surface area contributed by atoms with Crippen LogP contribution in [0.3, 0.4) is 0 Å². The first-order valence-electron chi connectivity index (χ1n) is 6.65. The summed E-state index contributed by atoms with van der Waals surface area (Å²) in [6.07, 6.45) is 0.944. The van der Waals surface area contributed by atoms with Gasteiger partial charge in [-0.15, -0.1) is 22.0 Å². The molecule has 0 N–H and O–H groups in total. The highest BCUT2D eigenvalue weighted by atomic mass is 32.2. The molecule has 0 saturated heterocycles. The third-order valence-electron chi connectivity index (χ3n) is 3.45. The molecule has 0 unspecified atom stereocenters. The zero-order valence-electron chi connectivity index (χ0n) is 10.9. The molecular formula is C16H13N3S. The molecule has 4 heteroatoms. The largest absolute Gasteiger partial charge is 0.278 e. The maximum absolute atomic E-state index is 4.41. The second-order valence-corrected chi connectivity index (χ2v) is 5.84. The number of aromatic nitrogens is 3. The van der Waals surface area contributed by atoms with Crippen LogP contribution in [0, 0.1) is 0 Å². The number of aryl methyl sites for hydroxylation is 1. The molecule has 0 spiro atoms. The molecule has 1 aromatic heterocycles. The smallest absolute Gasteiger partial charge is 0.168 e. The number of hydrogen-bond donors (Lipinski definition) is 0. The van der Waals surface area contributed by atoms with Crippen LogP contribution in [-0.2, 0) is 6.42 Å². The van der Waals surface area contributed by atoms with Gasteiger partial charge in [0, 0.05) is 22.6 Å². The van der Waals surface area contributed by atoms with Gasteiger partial charge in [0.2, 0.25) is 0 Å². The van der Waals surface area contributed by atoms with E-state index < -0.39 is 0 Å². The second kappa shape index (κ2) is 4.80. The average molecular weight is 279 g/mol. The number of hydrogen-bond acceptors (Lipinski definition) is 3. The van der Waals surface area contributed by atoms with Gasteiger partial charge in [0.25, 0.3) is 0 Å². The molecule has 0 fully saturated rings. The molecule has 2 heterocycles. The van der Waals surface area contributed by atoms with Crippen LogP contribution in [0.2, 0.25) is 0 Å². The van der Waals surface area contributed by atoms with Gasteiger partial charge in [0.05, 0.1) is 5.69 Å². The number of thioether (sulfide) groups is 1. The fourth-order valence-corrected chi connectivity index (χ4v) is 3.51. The third kappa shape index (κ3) is 1.84. The molecule has 1 aliphatic rings. The summed E-state index contributed by atoms with van der Waals surface area (Å²) in [4.78, 5) is 1.29. The van der Waals surface area contributed by atoms with Crippen molar-refractivity contribution in [1.29, 1.82) is 0 Å². The zero-order valence-corrected chi connectivity index (χ0v) is 11.7. The van der Waals surface area contributed by atoms with Crippen molar-refractivity contribution in [2.24, 2.45) is 0 Å². The quantitative estimate of drug-likeness (QED) is 0.682. The van der Waals surface area contributed by atoms with Crippen LogP contribution >= 0.6 is 11.8 Å². The first kappa shape index (κ1) is 11.7. The Morgan fingerprint density at radius 3 is 2.60 bits per heavy atom. The van der Waals surface area contributed by atoms with Gasteiger partial charge in [-0.25, -0.2) is 0 Å². The molecule has 0 amide bonds. The van der Waals surface area contributed by atoms with Gasteiger partial charge >= 0.3 is 0 Å². The Kier molecular flexibility index (Phi) is 2.81. The van der Waals surface area contributed by atoms with E-state index in [2.05, 4.69) is 51.2 Å². The summed E-state index contributed by atoms with van der Waals surface area (Å²) in [5.41, 5.74) is 2.29. The van der Waals surface area contributed by atoms with Gasteiger partial charge in [-0.3, -0.25) is 4.57 Å². The van der Waals surface area contributed by atoms with E-state index >= 15 is 0 Å². The highest BCUT2D eigenvalue weighted by molar-refractivity contribution is 7.99. The van der Waals surface area contributed by atoms with Gasteiger partial charge in [-0.05, 0) is 12.1 Å². The lowest BCUT2D eigenvalue weighted by molar-refractivity contribution is 0.892.